The molecule has 0 aliphatic rings. The molecular formula is C16H19ClNO+. The molecule has 0 N–H and O–H groups in total. The van der Waals surface area contributed by atoms with Gasteiger partial charge in [-0.25, -0.2) is 0 Å². The molecule has 1 aromatic carbocycles. The Morgan fingerprint density at radius 1 is 1.16 bits per heavy atom. The summed E-state index contributed by atoms with van der Waals surface area (Å²) >= 11 is 6.29. The van der Waals surface area contributed by atoms with Crippen LogP contribution in [0.3, 0.4) is 0 Å². The Bertz CT molecular complexity index is 608. The fourth-order valence-electron chi connectivity index (χ4n) is 2.23. The number of ether oxygens (including phenoxy) is 1. The molecule has 1 aromatic heterocycles. The van der Waals surface area contributed by atoms with E-state index in [4.69, 9.17) is 16.3 Å². The summed E-state index contributed by atoms with van der Waals surface area (Å²) in [5, 5.41) is 0.751. The average molecular weight is 277 g/mol. The number of aromatic nitrogens is 1. The molecule has 2 rings (SSSR count). The van der Waals surface area contributed by atoms with E-state index < -0.39 is 0 Å². The van der Waals surface area contributed by atoms with Crippen LogP contribution in [0.4, 0.5) is 0 Å². The van der Waals surface area contributed by atoms with Crippen LogP contribution in [-0.2, 0) is 6.54 Å². The minimum atomic E-state index is 0.751. The number of methoxy groups -OCH3 is 1. The van der Waals surface area contributed by atoms with E-state index in [1.165, 1.54) is 22.3 Å². The van der Waals surface area contributed by atoms with Gasteiger partial charge in [-0.05, 0) is 49.6 Å². The predicted octanol–water partition coefficient (Wildman–Crippen LogP) is 3.61. The zero-order valence-corrected chi connectivity index (χ0v) is 12.6. The highest BCUT2D eigenvalue weighted by Gasteiger charge is 2.15. The maximum atomic E-state index is 6.29. The van der Waals surface area contributed by atoms with Gasteiger partial charge >= 0.3 is 0 Å². The van der Waals surface area contributed by atoms with Crippen LogP contribution >= 0.6 is 11.6 Å². The molecule has 0 unspecified atom stereocenters. The van der Waals surface area contributed by atoms with Crippen molar-refractivity contribution in [2.24, 2.45) is 0 Å². The van der Waals surface area contributed by atoms with E-state index in [0.29, 0.717) is 0 Å². The summed E-state index contributed by atoms with van der Waals surface area (Å²) in [6, 6.07) is 8.14. The molecule has 0 saturated carbocycles. The van der Waals surface area contributed by atoms with E-state index >= 15 is 0 Å². The van der Waals surface area contributed by atoms with Gasteiger partial charge in [-0.1, -0.05) is 6.07 Å². The van der Waals surface area contributed by atoms with Crippen LogP contribution in [0.25, 0.3) is 0 Å². The summed E-state index contributed by atoms with van der Waals surface area (Å²) in [7, 11) is 1.70. The molecule has 1 heterocycles. The smallest absolute Gasteiger partial charge is 0.275 e. The fraction of sp³-hybridized carbons (Fsp3) is 0.312. The van der Waals surface area contributed by atoms with Gasteiger partial charge in [-0.3, -0.25) is 0 Å². The van der Waals surface area contributed by atoms with Gasteiger partial charge in [0.15, 0.2) is 12.7 Å². The zero-order chi connectivity index (χ0) is 14.0. The molecule has 0 bridgehead atoms. The second kappa shape index (κ2) is 5.62. The van der Waals surface area contributed by atoms with Crippen molar-refractivity contribution in [2.75, 3.05) is 7.11 Å². The summed E-state index contributed by atoms with van der Waals surface area (Å²) in [6.45, 7) is 7.00. The van der Waals surface area contributed by atoms with Gasteiger partial charge in [0.2, 0.25) is 0 Å². The first-order valence-electron chi connectivity index (χ1n) is 6.31. The highest BCUT2D eigenvalue weighted by molar-refractivity contribution is 6.28. The molecule has 0 saturated heterocycles. The minimum absolute atomic E-state index is 0.751. The molecule has 0 amide bonds. The Balaban J connectivity index is 2.43. The number of aryl methyl sites for hydroxylation is 2. The first kappa shape index (κ1) is 13.9. The van der Waals surface area contributed by atoms with Crippen LogP contribution in [0, 0.1) is 20.8 Å². The second-order valence-corrected chi connectivity index (χ2v) is 5.23. The second-order valence-electron chi connectivity index (χ2n) is 4.84. The molecule has 2 aromatic rings. The van der Waals surface area contributed by atoms with Crippen molar-refractivity contribution < 1.29 is 9.30 Å². The molecule has 0 fully saturated rings. The Hall–Kier alpha value is -1.54. The molecule has 0 atom stereocenters. The van der Waals surface area contributed by atoms with Gasteiger partial charge in [0, 0.05) is 23.3 Å². The summed E-state index contributed by atoms with van der Waals surface area (Å²) in [6.07, 6.45) is 2.02. The Kier molecular flexibility index (Phi) is 4.11. The van der Waals surface area contributed by atoms with Crippen molar-refractivity contribution in [3.8, 4) is 5.75 Å². The third-order valence-electron chi connectivity index (χ3n) is 3.47. The van der Waals surface area contributed by atoms with Crippen molar-refractivity contribution >= 4 is 11.6 Å². The standard InChI is InChI=1S/C16H19ClNO/c1-11-7-8-18(16(17)9-11)10-14-12(2)5-6-15(19-4)13(14)3/h5-9H,10H2,1-4H3/q+1. The van der Waals surface area contributed by atoms with Crippen LogP contribution in [0.5, 0.6) is 5.75 Å². The largest absolute Gasteiger partial charge is 0.496 e. The van der Waals surface area contributed by atoms with Crippen LogP contribution < -0.4 is 9.30 Å². The fourth-order valence-corrected chi connectivity index (χ4v) is 2.52. The van der Waals surface area contributed by atoms with Crippen molar-refractivity contribution in [3.63, 3.8) is 0 Å². The molecule has 19 heavy (non-hydrogen) atoms. The third kappa shape index (κ3) is 2.90. The lowest BCUT2D eigenvalue weighted by Crippen LogP contribution is -2.36. The summed E-state index contributed by atoms with van der Waals surface area (Å²) < 4.78 is 7.43. The van der Waals surface area contributed by atoms with Crippen molar-refractivity contribution in [1.29, 1.82) is 0 Å². The summed E-state index contributed by atoms with van der Waals surface area (Å²) in [5.74, 6) is 0.921. The van der Waals surface area contributed by atoms with Gasteiger partial charge in [-0.2, -0.15) is 4.57 Å². The molecule has 2 nitrogen and oxygen atoms in total. The Morgan fingerprint density at radius 3 is 2.53 bits per heavy atom. The monoisotopic (exact) mass is 276 g/mol. The Labute approximate surface area is 119 Å². The molecule has 0 aliphatic carbocycles. The lowest BCUT2D eigenvalue weighted by Gasteiger charge is -2.11. The zero-order valence-electron chi connectivity index (χ0n) is 11.8. The number of rotatable bonds is 3. The number of nitrogens with zero attached hydrogens (tertiary/aromatic N) is 1. The maximum Gasteiger partial charge on any atom is 0.275 e. The van der Waals surface area contributed by atoms with E-state index in [2.05, 4.69) is 26.0 Å². The van der Waals surface area contributed by atoms with Crippen molar-refractivity contribution in [3.05, 3.63) is 57.9 Å². The van der Waals surface area contributed by atoms with Gasteiger partial charge < -0.3 is 4.74 Å². The predicted molar refractivity (Wildman–Crippen MR) is 78.0 cm³/mol. The van der Waals surface area contributed by atoms with E-state index in [0.717, 1.165) is 17.4 Å². The van der Waals surface area contributed by atoms with Crippen LogP contribution in [0.2, 0.25) is 5.15 Å². The quantitative estimate of drug-likeness (QED) is 0.617. The normalized spacial score (nSPS) is 10.6. The third-order valence-corrected chi connectivity index (χ3v) is 3.80. The van der Waals surface area contributed by atoms with Crippen molar-refractivity contribution in [2.45, 2.75) is 27.3 Å². The van der Waals surface area contributed by atoms with Gasteiger partial charge in [-0.15, -0.1) is 0 Å². The van der Waals surface area contributed by atoms with Gasteiger partial charge in [0.1, 0.15) is 5.75 Å². The number of hydrogen-bond donors (Lipinski definition) is 0. The van der Waals surface area contributed by atoms with Crippen LogP contribution in [0.1, 0.15) is 22.3 Å². The first-order valence-corrected chi connectivity index (χ1v) is 6.69. The maximum absolute atomic E-state index is 6.29. The molecule has 100 valence electrons. The minimum Gasteiger partial charge on any atom is -0.496 e. The Morgan fingerprint density at radius 2 is 1.89 bits per heavy atom. The number of hydrogen-bond acceptors (Lipinski definition) is 1. The topological polar surface area (TPSA) is 13.1 Å². The summed E-state index contributed by atoms with van der Waals surface area (Å²) in [4.78, 5) is 0. The van der Waals surface area contributed by atoms with Crippen LogP contribution in [0.15, 0.2) is 30.5 Å². The lowest BCUT2D eigenvalue weighted by molar-refractivity contribution is -0.686. The number of pyridine rings is 1. The molecule has 3 heteroatoms. The van der Waals surface area contributed by atoms with Gasteiger partial charge in [0.25, 0.3) is 5.15 Å². The lowest BCUT2D eigenvalue weighted by atomic mass is 10.0. The SMILES string of the molecule is COc1ccc(C)c(C[n+]2ccc(C)cc2Cl)c1C. The van der Waals surface area contributed by atoms with Crippen LogP contribution in [-0.4, -0.2) is 7.11 Å². The molecule has 0 aliphatic heterocycles. The highest BCUT2D eigenvalue weighted by atomic mass is 35.5. The molecule has 0 spiro atoms. The molecular weight excluding hydrogens is 258 g/mol. The van der Waals surface area contributed by atoms with E-state index in [1.54, 1.807) is 7.11 Å². The highest BCUT2D eigenvalue weighted by Crippen LogP contribution is 2.24. The average Bonchev–Trinajstić information content (AvgIpc) is 2.37. The number of halogens is 1. The van der Waals surface area contributed by atoms with Crippen molar-refractivity contribution in [1.82, 2.24) is 0 Å². The van der Waals surface area contributed by atoms with Gasteiger partial charge in [0.05, 0.1) is 7.11 Å². The molecule has 0 radical (unpaired) electrons. The number of benzene rings is 1. The van der Waals surface area contributed by atoms with E-state index in [9.17, 15) is 0 Å². The summed E-state index contributed by atoms with van der Waals surface area (Å²) in [5.41, 5.74) is 4.85. The van der Waals surface area contributed by atoms with E-state index in [-0.39, 0.29) is 0 Å². The first-order chi connectivity index (χ1) is 9.02. The van der Waals surface area contributed by atoms with E-state index in [1.807, 2.05) is 29.8 Å².